The molecule has 0 unspecified atom stereocenters. The fraction of sp³-hybridized carbons (Fsp3) is 0.118. The Kier molecular flexibility index (Phi) is 4.42. The summed E-state index contributed by atoms with van der Waals surface area (Å²) in [4.78, 5) is 4.29. The lowest BCUT2D eigenvalue weighted by Crippen LogP contribution is -2.26. The van der Waals surface area contributed by atoms with Crippen LogP contribution in [0.3, 0.4) is 0 Å². The molecule has 3 rings (SSSR count). The van der Waals surface area contributed by atoms with E-state index in [4.69, 9.17) is 23.2 Å². The normalized spacial score (nSPS) is 11.7. The highest BCUT2D eigenvalue weighted by molar-refractivity contribution is 7.92. The predicted molar refractivity (Wildman–Crippen MR) is 98.5 cm³/mol. The second-order valence-electron chi connectivity index (χ2n) is 5.40. The third kappa shape index (κ3) is 3.07. The Morgan fingerprint density at radius 2 is 1.71 bits per heavy atom. The molecule has 1 heterocycles. The van der Waals surface area contributed by atoms with Gasteiger partial charge < -0.3 is 0 Å². The zero-order valence-corrected chi connectivity index (χ0v) is 15.3. The lowest BCUT2D eigenvalue weighted by molar-refractivity contribution is 0.594. The minimum Gasteiger partial charge on any atom is -0.269 e. The first-order valence-corrected chi connectivity index (χ1v) is 9.29. The topological polar surface area (TPSA) is 50.3 Å². The van der Waals surface area contributed by atoms with E-state index >= 15 is 0 Å². The average Bonchev–Trinajstić information content (AvgIpc) is 2.52. The molecule has 0 spiro atoms. The number of nitrogens with zero attached hydrogens (tertiary/aromatic N) is 2. The van der Waals surface area contributed by atoms with Crippen molar-refractivity contribution in [3.63, 3.8) is 0 Å². The summed E-state index contributed by atoms with van der Waals surface area (Å²) in [6.07, 6.45) is 1.73. The van der Waals surface area contributed by atoms with Gasteiger partial charge >= 0.3 is 0 Å². The molecule has 0 radical (unpaired) electrons. The zero-order valence-electron chi connectivity index (χ0n) is 13.0. The van der Waals surface area contributed by atoms with E-state index in [1.165, 1.54) is 29.6 Å². The number of aromatic nitrogens is 1. The number of rotatable bonds is 3. The van der Waals surface area contributed by atoms with Crippen molar-refractivity contribution in [3.05, 3.63) is 64.4 Å². The lowest BCUT2D eigenvalue weighted by Gasteiger charge is -2.21. The lowest BCUT2D eigenvalue weighted by atomic mass is 10.1. The Morgan fingerprint density at radius 1 is 1.04 bits per heavy atom. The largest absolute Gasteiger partial charge is 0.269 e. The summed E-state index contributed by atoms with van der Waals surface area (Å²) in [7, 11) is -2.29. The first-order valence-electron chi connectivity index (χ1n) is 7.09. The average molecular weight is 381 g/mol. The number of benzene rings is 2. The van der Waals surface area contributed by atoms with E-state index in [1.807, 2.05) is 19.1 Å². The van der Waals surface area contributed by atoms with E-state index < -0.39 is 10.0 Å². The maximum absolute atomic E-state index is 13.0. The Balaban J connectivity index is 2.18. The first-order chi connectivity index (χ1) is 11.3. The van der Waals surface area contributed by atoms with Crippen molar-refractivity contribution in [1.29, 1.82) is 0 Å². The van der Waals surface area contributed by atoms with Crippen LogP contribution in [0, 0.1) is 6.92 Å². The Hall–Kier alpha value is -1.82. The quantitative estimate of drug-likeness (QED) is 0.662. The Morgan fingerprint density at radius 3 is 2.38 bits per heavy atom. The van der Waals surface area contributed by atoms with Crippen LogP contribution in [0.15, 0.2) is 53.6 Å². The number of sulfonamides is 1. The molecule has 2 aromatic carbocycles. The van der Waals surface area contributed by atoms with Crippen molar-refractivity contribution in [2.75, 3.05) is 11.4 Å². The van der Waals surface area contributed by atoms with Gasteiger partial charge in [-0.15, -0.1) is 0 Å². The molecular weight excluding hydrogens is 367 g/mol. The maximum Gasteiger partial charge on any atom is 0.264 e. The van der Waals surface area contributed by atoms with Gasteiger partial charge in [0, 0.05) is 39.8 Å². The van der Waals surface area contributed by atoms with Crippen LogP contribution in [0.1, 0.15) is 5.69 Å². The molecule has 0 bridgehead atoms. The number of hydrogen-bond acceptors (Lipinski definition) is 3. The molecule has 0 saturated carbocycles. The SMILES string of the molecule is Cc1cc2c(N(C)S(=O)(=O)c3cc(Cl)cc(Cl)c3)cccc2cn1. The highest BCUT2D eigenvalue weighted by atomic mass is 35.5. The minimum absolute atomic E-state index is 0.0466. The van der Waals surface area contributed by atoms with Crippen molar-refractivity contribution < 1.29 is 8.42 Å². The molecule has 1 aromatic heterocycles. The molecule has 4 nitrogen and oxygen atoms in total. The van der Waals surface area contributed by atoms with Crippen LogP contribution < -0.4 is 4.31 Å². The molecule has 0 atom stereocenters. The summed E-state index contributed by atoms with van der Waals surface area (Å²) in [5.41, 5.74) is 1.38. The highest BCUT2D eigenvalue weighted by Gasteiger charge is 2.23. The first kappa shape index (κ1) is 17.0. The van der Waals surface area contributed by atoms with E-state index in [0.29, 0.717) is 5.69 Å². The second kappa shape index (κ2) is 6.24. The van der Waals surface area contributed by atoms with E-state index in [2.05, 4.69) is 4.98 Å². The summed E-state index contributed by atoms with van der Waals surface area (Å²) in [6.45, 7) is 1.86. The van der Waals surface area contributed by atoms with Crippen LogP contribution in [-0.2, 0) is 10.0 Å². The number of halogens is 2. The van der Waals surface area contributed by atoms with Gasteiger partial charge in [-0.25, -0.2) is 8.42 Å². The van der Waals surface area contributed by atoms with Crippen molar-refractivity contribution in [1.82, 2.24) is 4.98 Å². The van der Waals surface area contributed by atoms with Crippen LogP contribution in [0.4, 0.5) is 5.69 Å². The molecule has 124 valence electrons. The number of anilines is 1. The molecule has 3 aromatic rings. The summed E-state index contributed by atoms with van der Waals surface area (Å²) in [5.74, 6) is 0. The zero-order chi connectivity index (χ0) is 17.5. The molecule has 0 aliphatic carbocycles. The van der Waals surface area contributed by atoms with Gasteiger partial charge in [0.15, 0.2) is 0 Å². The van der Waals surface area contributed by atoms with Crippen LogP contribution >= 0.6 is 23.2 Å². The monoisotopic (exact) mass is 380 g/mol. The second-order valence-corrected chi connectivity index (χ2v) is 8.24. The molecule has 7 heteroatoms. The number of pyridine rings is 1. The van der Waals surface area contributed by atoms with Gasteiger partial charge in [0.05, 0.1) is 10.6 Å². The van der Waals surface area contributed by atoms with Crippen LogP contribution in [0.5, 0.6) is 0 Å². The number of hydrogen-bond donors (Lipinski definition) is 0. The molecule has 0 aliphatic heterocycles. The van der Waals surface area contributed by atoms with E-state index in [9.17, 15) is 8.42 Å². The van der Waals surface area contributed by atoms with Crippen molar-refractivity contribution >= 4 is 49.7 Å². The van der Waals surface area contributed by atoms with Gasteiger partial charge in [-0.1, -0.05) is 35.3 Å². The summed E-state index contributed by atoms with van der Waals surface area (Å²) < 4.78 is 27.2. The Bertz CT molecular complexity index is 1020. The van der Waals surface area contributed by atoms with Gasteiger partial charge in [0.2, 0.25) is 0 Å². The number of fused-ring (bicyclic) bond motifs is 1. The van der Waals surface area contributed by atoms with Crippen LogP contribution in [0.25, 0.3) is 10.8 Å². The molecule has 0 saturated heterocycles. The fourth-order valence-corrected chi connectivity index (χ4v) is 4.44. The highest BCUT2D eigenvalue weighted by Crippen LogP contribution is 2.31. The minimum atomic E-state index is -3.80. The molecule has 24 heavy (non-hydrogen) atoms. The summed E-state index contributed by atoms with van der Waals surface area (Å²) in [6, 6.07) is 11.6. The molecule has 0 amide bonds. The summed E-state index contributed by atoms with van der Waals surface area (Å²) >= 11 is 11.9. The van der Waals surface area contributed by atoms with Gasteiger partial charge in [0.1, 0.15) is 0 Å². The molecule has 0 aliphatic rings. The summed E-state index contributed by atoms with van der Waals surface area (Å²) in [5, 5.41) is 2.22. The smallest absolute Gasteiger partial charge is 0.264 e. The van der Waals surface area contributed by atoms with Gasteiger partial charge in [-0.05, 0) is 37.3 Å². The van der Waals surface area contributed by atoms with Gasteiger partial charge in [-0.2, -0.15) is 0 Å². The van der Waals surface area contributed by atoms with E-state index in [1.54, 1.807) is 18.3 Å². The van der Waals surface area contributed by atoms with Crippen LogP contribution in [-0.4, -0.2) is 20.4 Å². The standard InChI is InChI=1S/C17H14Cl2N2O2S/c1-11-6-16-12(10-20-11)4-3-5-17(16)21(2)24(22,23)15-8-13(18)7-14(19)9-15/h3-10H,1-2H3. The van der Waals surface area contributed by atoms with E-state index in [0.717, 1.165) is 16.5 Å². The fourth-order valence-electron chi connectivity index (χ4n) is 2.50. The molecular formula is C17H14Cl2N2O2S. The Labute approximate surface area is 150 Å². The number of aryl methyl sites for hydroxylation is 1. The van der Waals surface area contributed by atoms with Crippen molar-refractivity contribution in [2.45, 2.75) is 11.8 Å². The van der Waals surface area contributed by atoms with Gasteiger partial charge in [0.25, 0.3) is 10.0 Å². The van der Waals surface area contributed by atoms with Crippen molar-refractivity contribution in [3.8, 4) is 0 Å². The molecule has 0 fully saturated rings. The molecule has 0 N–H and O–H groups in total. The van der Waals surface area contributed by atoms with Crippen LogP contribution in [0.2, 0.25) is 10.0 Å². The van der Waals surface area contributed by atoms with Gasteiger partial charge in [-0.3, -0.25) is 9.29 Å². The van der Waals surface area contributed by atoms with Crippen molar-refractivity contribution in [2.24, 2.45) is 0 Å². The third-order valence-corrected chi connectivity index (χ3v) is 5.90. The maximum atomic E-state index is 13.0. The predicted octanol–water partition coefficient (Wildman–Crippen LogP) is 4.68. The third-order valence-electron chi connectivity index (χ3n) is 3.71. The van der Waals surface area contributed by atoms with E-state index in [-0.39, 0.29) is 14.9 Å².